The summed E-state index contributed by atoms with van der Waals surface area (Å²) >= 11 is 1.84. The summed E-state index contributed by atoms with van der Waals surface area (Å²) < 4.78 is 2.00. The highest BCUT2D eigenvalue weighted by Crippen LogP contribution is 2.21. The number of aromatic nitrogens is 2. The molecule has 0 aromatic carbocycles. The molecule has 0 spiro atoms. The standard InChI is InChI=1S/C14H21N3S/c1-4-15-13(8-7-12-6-5-9-18-12)14-10-11(2)16-17(14)3/h5-6,9-10,13,15H,4,7-8H2,1-3H3. The molecule has 1 N–H and O–H groups in total. The zero-order valence-corrected chi connectivity index (χ0v) is 12.1. The van der Waals surface area contributed by atoms with Gasteiger partial charge in [-0.3, -0.25) is 4.68 Å². The van der Waals surface area contributed by atoms with Crippen molar-refractivity contribution in [3.05, 3.63) is 39.8 Å². The largest absolute Gasteiger partial charge is 0.309 e. The van der Waals surface area contributed by atoms with E-state index in [4.69, 9.17) is 0 Å². The van der Waals surface area contributed by atoms with Crippen molar-refractivity contribution < 1.29 is 0 Å². The van der Waals surface area contributed by atoms with Crippen LogP contribution >= 0.6 is 11.3 Å². The Bertz CT molecular complexity index is 473. The van der Waals surface area contributed by atoms with Gasteiger partial charge in [-0.1, -0.05) is 13.0 Å². The summed E-state index contributed by atoms with van der Waals surface area (Å²) in [6.45, 7) is 5.19. The van der Waals surface area contributed by atoms with Gasteiger partial charge < -0.3 is 5.32 Å². The summed E-state index contributed by atoms with van der Waals surface area (Å²) in [7, 11) is 2.03. The minimum absolute atomic E-state index is 0.392. The van der Waals surface area contributed by atoms with E-state index in [1.165, 1.54) is 10.6 Å². The number of hydrogen-bond donors (Lipinski definition) is 1. The van der Waals surface area contributed by atoms with Crippen molar-refractivity contribution in [2.24, 2.45) is 7.05 Å². The van der Waals surface area contributed by atoms with Crippen molar-refractivity contribution in [2.45, 2.75) is 32.7 Å². The van der Waals surface area contributed by atoms with Crippen molar-refractivity contribution in [1.29, 1.82) is 0 Å². The van der Waals surface area contributed by atoms with Crippen LogP contribution < -0.4 is 5.32 Å². The van der Waals surface area contributed by atoms with E-state index in [9.17, 15) is 0 Å². The molecule has 2 heterocycles. The molecule has 0 aliphatic heterocycles. The lowest BCUT2D eigenvalue weighted by atomic mass is 10.1. The van der Waals surface area contributed by atoms with Gasteiger partial charge in [-0.15, -0.1) is 11.3 Å². The molecule has 18 heavy (non-hydrogen) atoms. The number of thiophene rings is 1. The minimum Gasteiger partial charge on any atom is -0.309 e. The summed E-state index contributed by atoms with van der Waals surface area (Å²) in [6.07, 6.45) is 2.24. The second-order valence-electron chi connectivity index (χ2n) is 4.56. The molecule has 1 unspecified atom stereocenters. The van der Waals surface area contributed by atoms with Crippen LogP contribution in [0, 0.1) is 6.92 Å². The SMILES string of the molecule is CCNC(CCc1cccs1)c1cc(C)nn1C. The second kappa shape index (κ2) is 6.16. The molecule has 1 atom stereocenters. The van der Waals surface area contributed by atoms with Crippen LogP contribution in [0.2, 0.25) is 0 Å². The van der Waals surface area contributed by atoms with Crippen LogP contribution in [-0.2, 0) is 13.5 Å². The Balaban J connectivity index is 2.05. The fourth-order valence-corrected chi connectivity index (χ4v) is 3.02. The molecule has 4 heteroatoms. The first-order valence-corrected chi connectivity index (χ1v) is 7.35. The molecule has 0 aliphatic carbocycles. The maximum atomic E-state index is 4.44. The zero-order chi connectivity index (χ0) is 13.0. The van der Waals surface area contributed by atoms with Crippen LogP contribution in [0.25, 0.3) is 0 Å². The van der Waals surface area contributed by atoms with E-state index in [0.29, 0.717) is 6.04 Å². The van der Waals surface area contributed by atoms with E-state index in [-0.39, 0.29) is 0 Å². The number of rotatable bonds is 6. The highest BCUT2D eigenvalue weighted by Gasteiger charge is 2.15. The van der Waals surface area contributed by atoms with Gasteiger partial charge in [0.25, 0.3) is 0 Å². The zero-order valence-electron chi connectivity index (χ0n) is 11.3. The molecule has 0 saturated carbocycles. The first-order chi connectivity index (χ1) is 8.70. The fraction of sp³-hybridized carbons (Fsp3) is 0.500. The van der Waals surface area contributed by atoms with Crippen molar-refractivity contribution in [3.63, 3.8) is 0 Å². The second-order valence-corrected chi connectivity index (χ2v) is 5.59. The van der Waals surface area contributed by atoms with Gasteiger partial charge in [0, 0.05) is 18.0 Å². The minimum atomic E-state index is 0.392. The van der Waals surface area contributed by atoms with E-state index in [0.717, 1.165) is 25.1 Å². The number of aryl methyl sites for hydroxylation is 3. The average Bonchev–Trinajstić information content (AvgIpc) is 2.94. The van der Waals surface area contributed by atoms with E-state index < -0.39 is 0 Å². The number of nitrogens with one attached hydrogen (secondary N) is 1. The van der Waals surface area contributed by atoms with Crippen LogP contribution in [0.15, 0.2) is 23.6 Å². The van der Waals surface area contributed by atoms with Gasteiger partial charge in [-0.25, -0.2) is 0 Å². The first kappa shape index (κ1) is 13.3. The smallest absolute Gasteiger partial charge is 0.0597 e. The molecule has 2 aromatic heterocycles. The highest BCUT2D eigenvalue weighted by atomic mass is 32.1. The van der Waals surface area contributed by atoms with Crippen LogP contribution in [0.3, 0.4) is 0 Å². The van der Waals surface area contributed by atoms with Crippen LogP contribution in [0.4, 0.5) is 0 Å². The van der Waals surface area contributed by atoms with Crippen molar-refractivity contribution in [1.82, 2.24) is 15.1 Å². The van der Waals surface area contributed by atoms with Gasteiger partial charge in [0.1, 0.15) is 0 Å². The van der Waals surface area contributed by atoms with E-state index in [1.807, 2.05) is 30.0 Å². The Morgan fingerprint density at radius 3 is 2.89 bits per heavy atom. The highest BCUT2D eigenvalue weighted by molar-refractivity contribution is 7.09. The Kier molecular flexibility index (Phi) is 4.55. The summed E-state index contributed by atoms with van der Waals surface area (Å²) in [5.74, 6) is 0. The fourth-order valence-electron chi connectivity index (χ4n) is 2.30. The summed E-state index contributed by atoms with van der Waals surface area (Å²) in [5, 5.41) is 10.1. The predicted octanol–water partition coefficient (Wildman–Crippen LogP) is 3.07. The molecule has 0 radical (unpaired) electrons. The summed E-state index contributed by atoms with van der Waals surface area (Å²) in [5.41, 5.74) is 2.37. The molecular formula is C14H21N3S. The molecule has 0 fully saturated rings. The summed E-state index contributed by atoms with van der Waals surface area (Å²) in [4.78, 5) is 1.46. The van der Waals surface area contributed by atoms with E-state index >= 15 is 0 Å². The Labute approximate surface area is 113 Å². The van der Waals surface area contributed by atoms with Gasteiger partial charge in [0.05, 0.1) is 11.4 Å². The van der Waals surface area contributed by atoms with Gasteiger partial charge in [0.15, 0.2) is 0 Å². The summed E-state index contributed by atoms with van der Waals surface area (Å²) in [6, 6.07) is 6.91. The topological polar surface area (TPSA) is 29.9 Å². The lowest BCUT2D eigenvalue weighted by molar-refractivity contribution is 0.481. The molecule has 98 valence electrons. The van der Waals surface area contributed by atoms with Crippen LogP contribution in [0.5, 0.6) is 0 Å². The monoisotopic (exact) mass is 263 g/mol. The quantitative estimate of drug-likeness (QED) is 0.868. The molecule has 0 amide bonds. The third-order valence-corrected chi connectivity index (χ3v) is 4.04. The van der Waals surface area contributed by atoms with Gasteiger partial charge in [-0.05, 0) is 43.8 Å². The average molecular weight is 263 g/mol. The normalized spacial score (nSPS) is 12.8. The van der Waals surface area contributed by atoms with Crippen LogP contribution in [-0.4, -0.2) is 16.3 Å². The third kappa shape index (κ3) is 3.21. The molecular weight excluding hydrogens is 242 g/mol. The van der Waals surface area contributed by atoms with Crippen molar-refractivity contribution in [3.8, 4) is 0 Å². The molecule has 0 saturated heterocycles. The molecule has 3 nitrogen and oxygen atoms in total. The Hall–Kier alpha value is -1.13. The molecule has 2 aromatic rings. The van der Waals surface area contributed by atoms with Gasteiger partial charge in [0.2, 0.25) is 0 Å². The molecule has 0 aliphatic rings. The molecule has 0 bridgehead atoms. The lowest BCUT2D eigenvalue weighted by Gasteiger charge is -2.17. The number of nitrogens with zero attached hydrogens (tertiary/aromatic N) is 2. The molecule has 2 rings (SSSR count). The first-order valence-electron chi connectivity index (χ1n) is 6.47. The van der Waals surface area contributed by atoms with Gasteiger partial charge >= 0.3 is 0 Å². The van der Waals surface area contributed by atoms with Gasteiger partial charge in [-0.2, -0.15) is 5.10 Å². The Morgan fingerprint density at radius 1 is 1.50 bits per heavy atom. The van der Waals surface area contributed by atoms with E-state index in [1.54, 1.807) is 0 Å². The predicted molar refractivity (Wildman–Crippen MR) is 77.0 cm³/mol. The third-order valence-electron chi connectivity index (χ3n) is 3.11. The van der Waals surface area contributed by atoms with E-state index in [2.05, 4.69) is 40.9 Å². The maximum Gasteiger partial charge on any atom is 0.0597 e. The Morgan fingerprint density at radius 2 is 2.33 bits per heavy atom. The van der Waals surface area contributed by atoms with Crippen molar-refractivity contribution in [2.75, 3.05) is 6.54 Å². The number of hydrogen-bond acceptors (Lipinski definition) is 3. The lowest BCUT2D eigenvalue weighted by Crippen LogP contribution is -2.23. The maximum absolute atomic E-state index is 4.44. The van der Waals surface area contributed by atoms with Crippen LogP contribution in [0.1, 0.15) is 35.7 Å². The van der Waals surface area contributed by atoms with Crippen molar-refractivity contribution >= 4 is 11.3 Å².